The van der Waals surface area contributed by atoms with E-state index in [4.69, 9.17) is 0 Å². The summed E-state index contributed by atoms with van der Waals surface area (Å²) >= 11 is 0. The lowest BCUT2D eigenvalue weighted by Crippen LogP contribution is -2.56. The van der Waals surface area contributed by atoms with Crippen molar-refractivity contribution in [2.75, 3.05) is 6.54 Å². The van der Waals surface area contributed by atoms with Crippen molar-refractivity contribution >= 4 is 0 Å². The second-order valence-electron chi connectivity index (χ2n) is 4.49. The van der Waals surface area contributed by atoms with Crippen LogP contribution in [-0.2, 0) is 5.41 Å². The van der Waals surface area contributed by atoms with Crippen LogP contribution in [-0.4, -0.2) is 6.54 Å². The van der Waals surface area contributed by atoms with Gasteiger partial charge in [0.15, 0.2) is 0 Å². The number of hydrogen-bond acceptors (Lipinski definition) is 0. The van der Waals surface area contributed by atoms with Crippen molar-refractivity contribution in [3.8, 4) is 0 Å². The van der Waals surface area contributed by atoms with E-state index in [-0.39, 0.29) is 11.2 Å². The Labute approximate surface area is 84.1 Å². The highest BCUT2D eigenvalue weighted by molar-refractivity contribution is 5.36. The predicted molar refractivity (Wildman–Crippen MR) is 54.4 cm³/mol. The molecule has 0 amide bonds. The largest absolute Gasteiger partial charge is 0.357 e. The summed E-state index contributed by atoms with van der Waals surface area (Å²) in [7, 11) is 0. The summed E-state index contributed by atoms with van der Waals surface area (Å²) in [6.45, 7) is 4.89. The van der Waals surface area contributed by atoms with Crippen molar-refractivity contribution in [2.45, 2.75) is 25.7 Å². The molecule has 14 heavy (non-hydrogen) atoms. The standard InChI is InChI=1S/C12H16FN/c1-8-3-4-10(11(13)5-8)12(7-14)6-9(12)2/h3-5,9H,6-7,14H2,1-2H3/p+1/t9-,12+/m1/s1. The monoisotopic (exact) mass is 194 g/mol. The van der Waals surface area contributed by atoms with Gasteiger partial charge in [-0.25, -0.2) is 4.39 Å². The molecule has 1 aromatic rings. The number of quaternary nitrogens is 1. The van der Waals surface area contributed by atoms with Gasteiger partial charge in [0.05, 0.1) is 6.54 Å². The van der Waals surface area contributed by atoms with Crippen molar-refractivity contribution in [1.29, 1.82) is 0 Å². The summed E-state index contributed by atoms with van der Waals surface area (Å²) in [5, 5.41) is 0. The number of aryl methyl sites for hydroxylation is 1. The smallest absolute Gasteiger partial charge is 0.127 e. The van der Waals surface area contributed by atoms with Crippen LogP contribution in [0.5, 0.6) is 0 Å². The number of rotatable bonds is 2. The van der Waals surface area contributed by atoms with Gasteiger partial charge in [0, 0.05) is 5.41 Å². The van der Waals surface area contributed by atoms with Crippen LogP contribution >= 0.6 is 0 Å². The molecule has 0 heterocycles. The minimum atomic E-state index is -0.0574. The third-order valence-corrected chi connectivity index (χ3v) is 3.56. The average molecular weight is 194 g/mol. The molecule has 0 saturated heterocycles. The summed E-state index contributed by atoms with van der Waals surface area (Å²) in [5.74, 6) is 0.523. The van der Waals surface area contributed by atoms with E-state index in [0.29, 0.717) is 5.92 Å². The third kappa shape index (κ3) is 1.25. The van der Waals surface area contributed by atoms with Crippen LogP contribution < -0.4 is 5.73 Å². The van der Waals surface area contributed by atoms with Crippen LogP contribution in [0.15, 0.2) is 18.2 Å². The lowest BCUT2D eigenvalue weighted by Gasteiger charge is -2.13. The molecule has 0 unspecified atom stereocenters. The molecule has 3 N–H and O–H groups in total. The van der Waals surface area contributed by atoms with E-state index in [1.807, 2.05) is 19.1 Å². The first-order valence-corrected chi connectivity index (χ1v) is 5.16. The normalized spacial score (nSPS) is 30.4. The molecule has 2 heteroatoms. The molecule has 1 saturated carbocycles. The van der Waals surface area contributed by atoms with Crippen LogP contribution in [0.3, 0.4) is 0 Å². The summed E-state index contributed by atoms with van der Waals surface area (Å²) in [4.78, 5) is 0. The minimum absolute atomic E-state index is 0.0395. The van der Waals surface area contributed by atoms with E-state index in [1.54, 1.807) is 6.07 Å². The maximum absolute atomic E-state index is 13.7. The van der Waals surface area contributed by atoms with Gasteiger partial charge in [-0.2, -0.15) is 0 Å². The summed E-state index contributed by atoms with van der Waals surface area (Å²) in [5.41, 5.74) is 5.83. The Balaban J connectivity index is 2.42. The summed E-state index contributed by atoms with van der Waals surface area (Å²) in [6, 6.07) is 5.54. The van der Waals surface area contributed by atoms with E-state index in [2.05, 4.69) is 12.7 Å². The summed E-state index contributed by atoms with van der Waals surface area (Å²) < 4.78 is 13.7. The van der Waals surface area contributed by atoms with Gasteiger partial charge in [-0.3, -0.25) is 0 Å². The van der Waals surface area contributed by atoms with Crippen molar-refractivity contribution in [1.82, 2.24) is 0 Å². The van der Waals surface area contributed by atoms with E-state index >= 15 is 0 Å². The molecule has 2 rings (SSSR count). The fourth-order valence-corrected chi connectivity index (χ4v) is 2.37. The fraction of sp³-hybridized carbons (Fsp3) is 0.500. The molecule has 0 aromatic heterocycles. The topological polar surface area (TPSA) is 27.6 Å². The van der Waals surface area contributed by atoms with Crippen LogP contribution in [0.4, 0.5) is 4.39 Å². The first kappa shape index (κ1) is 9.66. The van der Waals surface area contributed by atoms with Gasteiger partial charge in [0.2, 0.25) is 0 Å². The highest BCUT2D eigenvalue weighted by atomic mass is 19.1. The number of benzene rings is 1. The molecule has 1 nitrogen and oxygen atoms in total. The predicted octanol–water partition coefficient (Wildman–Crippen LogP) is 1.65. The molecule has 0 radical (unpaired) electrons. The molecule has 2 atom stereocenters. The zero-order chi connectivity index (χ0) is 10.3. The van der Waals surface area contributed by atoms with Crippen molar-refractivity contribution < 1.29 is 10.1 Å². The molecule has 1 aliphatic rings. The molecule has 0 spiro atoms. The van der Waals surface area contributed by atoms with Crippen molar-refractivity contribution in [3.63, 3.8) is 0 Å². The van der Waals surface area contributed by atoms with Crippen LogP contribution in [0.1, 0.15) is 24.5 Å². The van der Waals surface area contributed by atoms with Crippen LogP contribution in [0.2, 0.25) is 0 Å². The van der Waals surface area contributed by atoms with Gasteiger partial charge in [-0.05, 0) is 36.5 Å². The Bertz CT molecular complexity index is 357. The Morgan fingerprint density at radius 1 is 1.57 bits per heavy atom. The molecule has 1 fully saturated rings. The van der Waals surface area contributed by atoms with Gasteiger partial charge in [0.1, 0.15) is 5.82 Å². The van der Waals surface area contributed by atoms with Gasteiger partial charge >= 0.3 is 0 Å². The SMILES string of the molecule is Cc1ccc([C@]2(C[NH3+])C[C@H]2C)c(F)c1. The number of halogens is 1. The Morgan fingerprint density at radius 2 is 2.21 bits per heavy atom. The Hall–Kier alpha value is -0.890. The van der Waals surface area contributed by atoms with Crippen LogP contribution in [0.25, 0.3) is 0 Å². The van der Waals surface area contributed by atoms with E-state index in [1.165, 1.54) is 0 Å². The van der Waals surface area contributed by atoms with Gasteiger partial charge in [-0.15, -0.1) is 0 Å². The lowest BCUT2D eigenvalue weighted by atomic mass is 9.92. The highest BCUT2D eigenvalue weighted by Gasteiger charge is 2.54. The maximum Gasteiger partial charge on any atom is 0.127 e. The average Bonchev–Trinajstić information content (AvgIpc) is 2.78. The minimum Gasteiger partial charge on any atom is -0.357 e. The Kier molecular flexibility index (Phi) is 2.11. The molecule has 1 aliphatic carbocycles. The Morgan fingerprint density at radius 3 is 2.64 bits per heavy atom. The molecule has 0 bridgehead atoms. The quantitative estimate of drug-likeness (QED) is 0.741. The third-order valence-electron chi connectivity index (χ3n) is 3.56. The van der Waals surface area contributed by atoms with Gasteiger partial charge in [-0.1, -0.05) is 19.1 Å². The second kappa shape index (κ2) is 3.06. The van der Waals surface area contributed by atoms with Gasteiger partial charge in [0.25, 0.3) is 0 Å². The van der Waals surface area contributed by atoms with Crippen molar-refractivity contribution in [3.05, 3.63) is 35.1 Å². The molecule has 1 aromatic carbocycles. The van der Waals surface area contributed by atoms with Crippen LogP contribution in [0, 0.1) is 18.7 Å². The second-order valence-corrected chi connectivity index (χ2v) is 4.49. The lowest BCUT2D eigenvalue weighted by molar-refractivity contribution is -0.376. The van der Waals surface area contributed by atoms with E-state index in [9.17, 15) is 4.39 Å². The van der Waals surface area contributed by atoms with Crippen molar-refractivity contribution in [2.24, 2.45) is 5.92 Å². The van der Waals surface area contributed by atoms with E-state index in [0.717, 1.165) is 24.1 Å². The first-order chi connectivity index (χ1) is 6.60. The zero-order valence-corrected chi connectivity index (χ0v) is 8.81. The first-order valence-electron chi connectivity index (χ1n) is 5.16. The molecule has 76 valence electrons. The maximum atomic E-state index is 13.7. The highest BCUT2D eigenvalue weighted by Crippen LogP contribution is 2.53. The molecular formula is C12H17FN+. The molecule has 0 aliphatic heterocycles. The van der Waals surface area contributed by atoms with E-state index < -0.39 is 0 Å². The zero-order valence-electron chi connectivity index (χ0n) is 8.81. The fourth-order valence-electron chi connectivity index (χ4n) is 2.37. The van der Waals surface area contributed by atoms with Gasteiger partial charge < -0.3 is 5.73 Å². The molecular weight excluding hydrogens is 177 g/mol. The summed E-state index contributed by atoms with van der Waals surface area (Å²) in [6.07, 6.45) is 1.08. The number of hydrogen-bond donors (Lipinski definition) is 1.